The minimum absolute atomic E-state index is 0.822. The van der Waals surface area contributed by atoms with Crippen LogP contribution < -0.4 is 0 Å². The van der Waals surface area contributed by atoms with Crippen LogP contribution in [0.25, 0.3) is 0 Å². The summed E-state index contributed by atoms with van der Waals surface area (Å²) in [6.07, 6.45) is 3.71. The van der Waals surface area contributed by atoms with Gasteiger partial charge in [-0.1, -0.05) is 13.0 Å². The SMILES string of the molecule is CC/C=C(/C)C=O. The summed E-state index contributed by atoms with van der Waals surface area (Å²) in [7, 11) is 0. The van der Waals surface area contributed by atoms with Crippen molar-refractivity contribution in [3.63, 3.8) is 0 Å². The van der Waals surface area contributed by atoms with Crippen LogP contribution in [0.3, 0.4) is 0 Å². The summed E-state index contributed by atoms with van der Waals surface area (Å²) < 4.78 is 0. The Morgan fingerprint density at radius 3 is 2.43 bits per heavy atom. The molecular formula is C6H10O. The lowest BCUT2D eigenvalue weighted by atomic mass is 10.3. The van der Waals surface area contributed by atoms with Crippen LogP contribution >= 0.6 is 0 Å². The lowest BCUT2D eigenvalue weighted by molar-refractivity contribution is -0.104. The zero-order chi connectivity index (χ0) is 5.70. The van der Waals surface area contributed by atoms with E-state index >= 15 is 0 Å². The van der Waals surface area contributed by atoms with Crippen molar-refractivity contribution in [1.29, 1.82) is 0 Å². The van der Waals surface area contributed by atoms with Gasteiger partial charge in [-0.2, -0.15) is 0 Å². The van der Waals surface area contributed by atoms with Gasteiger partial charge >= 0.3 is 0 Å². The second-order valence-corrected chi connectivity index (χ2v) is 1.47. The highest BCUT2D eigenvalue weighted by molar-refractivity contribution is 5.71. The lowest BCUT2D eigenvalue weighted by Gasteiger charge is -1.79. The summed E-state index contributed by atoms with van der Waals surface area (Å²) in [6.45, 7) is 3.81. The van der Waals surface area contributed by atoms with Crippen molar-refractivity contribution in [1.82, 2.24) is 0 Å². The average molecular weight is 98.1 g/mol. The zero-order valence-corrected chi connectivity index (χ0v) is 4.77. The monoisotopic (exact) mass is 98.1 g/mol. The fraction of sp³-hybridized carbons (Fsp3) is 0.500. The second kappa shape index (κ2) is 3.59. The first kappa shape index (κ1) is 6.41. The molecule has 0 rings (SSSR count). The van der Waals surface area contributed by atoms with Gasteiger partial charge in [0.25, 0.3) is 0 Å². The lowest BCUT2D eigenvalue weighted by Crippen LogP contribution is -1.72. The van der Waals surface area contributed by atoms with E-state index in [1.807, 2.05) is 13.0 Å². The Morgan fingerprint density at radius 2 is 2.29 bits per heavy atom. The molecule has 7 heavy (non-hydrogen) atoms. The summed E-state index contributed by atoms with van der Waals surface area (Å²) in [5, 5.41) is 0. The van der Waals surface area contributed by atoms with Gasteiger partial charge in [0.1, 0.15) is 6.29 Å². The largest absolute Gasteiger partial charge is 0.298 e. The first-order valence-electron chi connectivity index (χ1n) is 2.43. The maximum Gasteiger partial charge on any atom is 0.145 e. The smallest absolute Gasteiger partial charge is 0.145 e. The number of aldehydes is 1. The summed E-state index contributed by atoms with van der Waals surface area (Å²) in [6, 6.07) is 0. The Hall–Kier alpha value is -0.590. The van der Waals surface area contributed by atoms with Gasteiger partial charge in [-0.05, 0) is 18.9 Å². The molecule has 0 aromatic rings. The van der Waals surface area contributed by atoms with Crippen molar-refractivity contribution in [3.05, 3.63) is 11.6 Å². The predicted molar refractivity (Wildman–Crippen MR) is 30.1 cm³/mol. The van der Waals surface area contributed by atoms with Crippen molar-refractivity contribution in [2.24, 2.45) is 0 Å². The van der Waals surface area contributed by atoms with Gasteiger partial charge in [0, 0.05) is 0 Å². The highest BCUT2D eigenvalue weighted by Gasteiger charge is 1.76. The third kappa shape index (κ3) is 3.23. The molecule has 40 valence electrons. The maximum atomic E-state index is 9.83. The molecule has 0 heterocycles. The summed E-state index contributed by atoms with van der Waals surface area (Å²) in [4.78, 5) is 9.83. The Bertz CT molecular complexity index is 82.2. The van der Waals surface area contributed by atoms with E-state index in [0.717, 1.165) is 18.3 Å². The van der Waals surface area contributed by atoms with Gasteiger partial charge in [-0.15, -0.1) is 0 Å². The number of allylic oxidation sites excluding steroid dienone is 2. The molecule has 1 nitrogen and oxygen atoms in total. The van der Waals surface area contributed by atoms with E-state index in [0.29, 0.717) is 0 Å². The van der Waals surface area contributed by atoms with E-state index in [-0.39, 0.29) is 0 Å². The number of hydrogen-bond donors (Lipinski definition) is 0. The number of rotatable bonds is 2. The molecule has 0 aromatic carbocycles. The summed E-state index contributed by atoms with van der Waals surface area (Å²) in [5.41, 5.74) is 0.822. The van der Waals surface area contributed by atoms with Gasteiger partial charge in [0.05, 0.1) is 0 Å². The highest BCUT2D eigenvalue weighted by Crippen LogP contribution is 1.87. The van der Waals surface area contributed by atoms with Gasteiger partial charge in [-0.25, -0.2) is 0 Å². The molecule has 0 saturated heterocycles. The van der Waals surface area contributed by atoms with Crippen molar-refractivity contribution >= 4 is 6.29 Å². The molecule has 0 N–H and O–H groups in total. The second-order valence-electron chi connectivity index (χ2n) is 1.47. The normalized spacial score (nSPS) is 11.4. The molecule has 0 aliphatic carbocycles. The molecular weight excluding hydrogens is 88.1 g/mol. The van der Waals surface area contributed by atoms with E-state index in [9.17, 15) is 4.79 Å². The number of hydrogen-bond acceptors (Lipinski definition) is 1. The molecule has 0 saturated carbocycles. The van der Waals surface area contributed by atoms with Crippen LogP contribution in [0.5, 0.6) is 0 Å². The van der Waals surface area contributed by atoms with Crippen molar-refractivity contribution in [2.45, 2.75) is 20.3 Å². The zero-order valence-electron chi connectivity index (χ0n) is 4.77. The Balaban J connectivity index is 3.49. The molecule has 0 radical (unpaired) electrons. The van der Waals surface area contributed by atoms with Crippen LogP contribution in [-0.4, -0.2) is 6.29 Å². The van der Waals surface area contributed by atoms with Crippen LogP contribution in [0.1, 0.15) is 20.3 Å². The highest BCUT2D eigenvalue weighted by atomic mass is 16.1. The van der Waals surface area contributed by atoms with E-state index in [1.165, 1.54) is 0 Å². The molecule has 0 aromatic heterocycles. The summed E-state index contributed by atoms with van der Waals surface area (Å²) in [5.74, 6) is 0. The average Bonchev–Trinajstić information content (AvgIpc) is 1.68. The molecule has 0 aliphatic heterocycles. The molecule has 0 bridgehead atoms. The van der Waals surface area contributed by atoms with Crippen molar-refractivity contribution in [3.8, 4) is 0 Å². The predicted octanol–water partition coefficient (Wildman–Crippen LogP) is 1.54. The van der Waals surface area contributed by atoms with Crippen molar-refractivity contribution in [2.75, 3.05) is 0 Å². The number of carbonyl (C=O) groups is 1. The van der Waals surface area contributed by atoms with Crippen LogP contribution in [-0.2, 0) is 4.79 Å². The van der Waals surface area contributed by atoms with E-state index in [2.05, 4.69) is 0 Å². The third-order valence-electron chi connectivity index (χ3n) is 0.712. The Kier molecular flexibility index (Phi) is 3.29. The first-order chi connectivity index (χ1) is 3.31. The van der Waals surface area contributed by atoms with Crippen molar-refractivity contribution < 1.29 is 4.79 Å². The van der Waals surface area contributed by atoms with Gasteiger partial charge in [0.2, 0.25) is 0 Å². The van der Waals surface area contributed by atoms with E-state index in [4.69, 9.17) is 0 Å². The van der Waals surface area contributed by atoms with Gasteiger partial charge in [0.15, 0.2) is 0 Å². The molecule has 0 fully saturated rings. The molecule has 1 heteroatoms. The van der Waals surface area contributed by atoms with E-state index in [1.54, 1.807) is 6.92 Å². The minimum Gasteiger partial charge on any atom is -0.298 e. The van der Waals surface area contributed by atoms with Crippen LogP contribution in [0, 0.1) is 0 Å². The maximum absolute atomic E-state index is 9.83. The first-order valence-corrected chi connectivity index (χ1v) is 2.43. The molecule has 0 amide bonds. The Labute approximate surface area is 44.0 Å². The summed E-state index contributed by atoms with van der Waals surface area (Å²) >= 11 is 0. The molecule has 0 spiro atoms. The van der Waals surface area contributed by atoms with Crippen LogP contribution in [0.15, 0.2) is 11.6 Å². The molecule has 0 atom stereocenters. The fourth-order valence-electron chi connectivity index (χ4n) is 0.370. The van der Waals surface area contributed by atoms with Gasteiger partial charge in [-0.3, -0.25) is 4.79 Å². The standard InChI is InChI=1S/C6H10O/c1-3-4-6(2)5-7/h4-5H,3H2,1-2H3/b6-4-. The Morgan fingerprint density at radius 1 is 1.71 bits per heavy atom. The third-order valence-corrected chi connectivity index (χ3v) is 0.712. The topological polar surface area (TPSA) is 17.1 Å². The molecule has 0 unspecified atom stereocenters. The quantitative estimate of drug-likeness (QED) is 0.378. The molecule has 0 aliphatic rings. The van der Waals surface area contributed by atoms with Crippen LogP contribution in [0.4, 0.5) is 0 Å². The van der Waals surface area contributed by atoms with E-state index < -0.39 is 0 Å². The number of carbonyl (C=O) groups excluding carboxylic acids is 1. The van der Waals surface area contributed by atoms with Gasteiger partial charge < -0.3 is 0 Å². The van der Waals surface area contributed by atoms with Crippen LogP contribution in [0.2, 0.25) is 0 Å². The fourth-order valence-corrected chi connectivity index (χ4v) is 0.370. The minimum atomic E-state index is 0.822.